The van der Waals surface area contributed by atoms with E-state index < -0.39 is 9.84 Å². The van der Waals surface area contributed by atoms with Crippen molar-refractivity contribution in [1.29, 1.82) is 0 Å². The maximum atomic E-state index is 11.6. The molecule has 1 rings (SSSR count). The van der Waals surface area contributed by atoms with E-state index in [-0.39, 0.29) is 28.7 Å². The molecule has 0 aliphatic carbocycles. The van der Waals surface area contributed by atoms with Crippen LogP contribution in [0.2, 0.25) is 0 Å². The Morgan fingerprint density at radius 3 is 2.75 bits per heavy atom. The molecular formula is C10H18ClNO3S. The molecule has 1 heterocycles. The lowest BCUT2D eigenvalue weighted by Crippen LogP contribution is -2.35. The maximum absolute atomic E-state index is 11.6. The van der Waals surface area contributed by atoms with Crippen LogP contribution in [0.1, 0.15) is 26.2 Å². The lowest BCUT2D eigenvalue weighted by molar-refractivity contribution is -0.124. The van der Waals surface area contributed by atoms with Gasteiger partial charge >= 0.3 is 0 Å². The molecule has 1 fully saturated rings. The highest BCUT2D eigenvalue weighted by Gasteiger charge is 2.32. The van der Waals surface area contributed by atoms with Crippen LogP contribution in [0.5, 0.6) is 0 Å². The number of hydrogen-bond donors (Lipinski definition) is 1. The van der Waals surface area contributed by atoms with Crippen LogP contribution >= 0.6 is 11.6 Å². The summed E-state index contributed by atoms with van der Waals surface area (Å²) in [5, 5.41) is 2.65. The van der Waals surface area contributed by atoms with E-state index in [1.54, 1.807) is 0 Å². The summed E-state index contributed by atoms with van der Waals surface area (Å²) in [5.41, 5.74) is 0. The van der Waals surface area contributed by atoms with Crippen LogP contribution in [0.3, 0.4) is 0 Å². The Hall–Kier alpha value is -0.290. The number of amides is 1. The van der Waals surface area contributed by atoms with Crippen LogP contribution in [0.15, 0.2) is 0 Å². The maximum Gasteiger partial charge on any atom is 0.224 e. The van der Waals surface area contributed by atoms with Crippen molar-refractivity contribution in [3.05, 3.63) is 0 Å². The van der Waals surface area contributed by atoms with Gasteiger partial charge in [-0.25, -0.2) is 8.42 Å². The summed E-state index contributed by atoms with van der Waals surface area (Å²) in [6.07, 6.45) is 2.27. The van der Waals surface area contributed by atoms with Gasteiger partial charge in [0.2, 0.25) is 5.91 Å². The van der Waals surface area contributed by atoms with Gasteiger partial charge in [0.1, 0.15) is 0 Å². The predicted octanol–water partition coefficient (Wildman–Crippen LogP) is 0.945. The van der Waals surface area contributed by atoms with E-state index in [1.165, 1.54) is 0 Å². The Kier molecular flexibility index (Phi) is 5.05. The van der Waals surface area contributed by atoms with E-state index in [2.05, 4.69) is 5.32 Å². The van der Waals surface area contributed by atoms with Gasteiger partial charge in [-0.15, -0.1) is 11.6 Å². The molecular weight excluding hydrogens is 250 g/mol. The zero-order valence-corrected chi connectivity index (χ0v) is 11.0. The van der Waals surface area contributed by atoms with Crippen LogP contribution < -0.4 is 5.32 Å². The average Bonchev–Trinajstić information content (AvgIpc) is 2.56. The van der Waals surface area contributed by atoms with Gasteiger partial charge in [-0.1, -0.05) is 13.3 Å². The van der Waals surface area contributed by atoms with Gasteiger partial charge in [0.25, 0.3) is 0 Å². The zero-order valence-electron chi connectivity index (χ0n) is 9.41. The standard InChI is InChI=1S/C10H18ClNO3S/c1-2-3-9(11)6-12-10(13)8-4-5-16(14,15)7-8/h8-9H,2-7H2,1H3,(H,12,13). The normalized spacial score (nSPS) is 25.2. The van der Waals surface area contributed by atoms with Crippen LogP contribution in [0.4, 0.5) is 0 Å². The van der Waals surface area contributed by atoms with E-state index in [4.69, 9.17) is 11.6 Å². The summed E-state index contributed by atoms with van der Waals surface area (Å²) >= 11 is 5.95. The van der Waals surface area contributed by atoms with E-state index in [1.807, 2.05) is 6.92 Å². The fourth-order valence-corrected chi connectivity index (χ4v) is 3.81. The highest BCUT2D eigenvalue weighted by molar-refractivity contribution is 7.91. The third-order valence-electron chi connectivity index (χ3n) is 2.70. The number of rotatable bonds is 5. The number of carbonyl (C=O) groups excluding carboxylic acids is 1. The third-order valence-corrected chi connectivity index (χ3v) is 4.84. The van der Waals surface area contributed by atoms with E-state index >= 15 is 0 Å². The average molecular weight is 268 g/mol. The van der Waals surface area contributed by atoms with Gasteiger partial charge in [-0.2, -0.15) is 0 Å². The summed E-state index contributed by atoms with van der Waals surface area (Å²) < 4.78 is 22.4. The van der Waals surface area contributed by atoms with Crippen LogP contribution in [-0.2, 0) is 14.6 Å². The topological polar surface area (TPSA) is 63.2 Å². The van der Waals surface area contributed by atoms with Gasteiger partial charge in [-0.05, 0) is 12.8 Å². The molecule has 6 heteroatoms. The van der Waals surface area contributed by atoms with E-state index in [0.29, 0.717) is 13.0 Å². The second kappa shape index (κ2) is 5.87. The van der Waals surface area contributed by atoms with Gasteiger partial charge in [0.05, 0.1) is 22.8 Å². The van der Waals surface area contributed by atoms with Crippen LogP contribution in [0, 0.1) is 5.92 Å². The minimum Gasteiger partial charge on any atom is -0.354 e. The first-order chi connectivity index (χ1) is 7.44. The summed E-state index contributed by atoms with van der Waals surface area (Å²) in [6.45, 7) is 2.45. The Morgan fingerprint density at radius 1 is 1.56 bits per heavy atom. The molecule has 1 aliphatic rings. The highest BCUT2D eigenvalue weighted by Crippen LogP contribution is 2.18. The predicted molar refractivity (Wildman–Crippen MR) is 64.3 cm³/mol. The molecule has 0 spiro atoms. The first kappa shape index (κ1) is 13.8. The quantitative estimate of drug-likeness (QED) is 0.755. The van der Waals surface area contributed by atoms with E-state index in [0.717, 1.165) is 12.8 Å². The number of sulfone groups is 1. The van der Waals surface area contributed by atoms with Crippen molar-refractivity contribution < 1.29 is 13.2 Å². The number of hydrogen-bond acceptors (Lipinski definition) is 3. The van der Waals surface area contributed by atoms with Crippen molar-refractivity contribution in [2.75, 3.05) is 18.1 Å². The zero-order chi connectivity index (χ0) is 12.2. The van der Waals surface area contributed by atoms with Gasteiger partial charge in [0, 0.05) is 6.54 Å². The molecule has 0 bridgehead atoms. The molecule has 16 heavy (non-hydrogen) atoms. The minimum absolute atomic E-state index is 0.0143. The molecule has 1 amide bonds. The van der Waals surface area contributed by atoms with Gasteiger partial charge in [-0.3, -0.25) is 4.79 Å². The smallest absolute Gasteiger partial charge is 0.224 e. The molecule has 0 aromatic heterocycles. The first-order valence-electron chi connectivity index (χ1n) is 5.57. The number of alkyl halides is 1. The molecule has 1 N–H and O–H groups in total. The monoisotopic (exact) mass is 267 g/mol. The second-order valence-electron chi connectivity index (χ2n) is 4.23. The Labute approximate surface area is 102 Å². The number of nitrogens with one attached hydrogen (secondary N) is 1. The summed E-state index contributed by atoms with van der Waals surface area (Å²) in [6, 6.07) is 0. The molecule has 0 aromatic carbocycles. The molecule has 0 saturated carbocycles. The van der Waals surface area contributed by atoms with Crippen molar-refractivity contribution in [3.8, 4) is 0 Å². The Morgan fingerprint density at radius 2 is 2.25 bits per heavy atom. The van der Waals surface area contributed by atoms with Crippen molar-refractivity contribution in [3.63, 3.8) is 0 Å². The Bertz CT molecular complexity index is 342. The van der Waals surface area contributed by atoms with Crippen molar-refractivity contribution in [1.82, 2.24) is 5.32 Å². The molecule has 0 aromatic rings. The highest BCUT2D eigenvalue weighted by atomic mass is 35.5. The second-order valence-corrected chi connectivity index (χ2v) is 7.08. The van der Waals surface area contributed by atoms with Crippen molar-refractivity contribution in [2.24, 2.45) is 5.92 Å². The number of halogens is 1. The Balaban J connectivity index is 2.31. The molecule has 0 radical (unpaired) electrons. The van der Waals surface area contributed by atoms with E-state index in [9.17, 15) is 13.2 Å². The summed E-state index contributed by atoms with van der Waals surface area (Å²) in [5.74, 6) is -0.442. The molecule has 2 atom stereocenters. The SMILES string of the molecule is CCCC(Cl)CNC(=O)C1CCS(=O)(=O)C1. The first-order valence-corrected chi connectivity index (χ1v) is 7.82. The molecule has 94 valence electrons. The fraction of sp³-hybridized carbons (Fsp3) is 0.900. The molecule has 1 saturated heterocycles. The van der Waals surface area contributed by atoms with Crippen molar-refractivity contribution >= 4 is 27.3 Å². The molecule has 2 unspecified atom stereocenters. The summed E-state index contributed by atoms with van der Waals surface area (Å²) in [7, 11) is -2.98. The molecule has 4 nitrogen and oxygen atoms in total. The van der Waals surface area contributed by atoms with Crippen molar-refractivity contribution in [2.45, 2.75) is 31.6 Å². The van der Waals surface area contributed by atoms with Gasteiger partial charge in [0.15, 0.2) is 9.84 Å². The lowest BCUT2D eigenvalue weighted by Gasteiger charge is -2.12. The van der Waals surface area contributed by atoms with Gasteiger partial charge < -0.3 is 5.32 Å². The lowest BCUT2D eigenvalue weighted by atomic mass is 10.1. The third kappa shape index (κ3) is 4.29. The molecule has 1 aliphatic heterocycles. The minimum atomic E-state index is -2.98. The van der Waals surface area contributed by atoms with Crippen LogP contribution in [0.25, 0.3) is 0 Å². The largest absolute Gasteiger partial charge is 0.354 e. The van der Waals surface area contributed by atoms with Crippen LogP contribution in [-0.4, -0.2) is 37.8 Å². The number of carbonyl (C=O) groups is 1. The summed E-state index contributed by atoms with van der Waals surface area (Å²) in [4.78, 5) is 11.6. The fourth-order valence-electron chi connectivity index (χ4n) is 1.77.